The van der Waals surface area contributed by atoms with Crippen LogP contribution in [0.15, 0.2) is 66.7 Å². The van der Waals surface area contributed by atoms with Crippen LogP contribution in [0.3, 0.4) is 0 Å². The summed E-state index contributed by atoms with van der Waals surface area (Å²) in [7, 11) is 0. The summed E-state index contributed by atoms with van der Waals surface area (Å²) in [5.74, 6) is 0.0626. The van der Waals surface area contributed by atoms with Gasteiger partial charge in [0.15, 0.2) is 0 Å². The van der Waals surface area contributed by atoms with E-state index in [-0.39, 0.29) is 17.9 Å². The van der Waals surface area contributed by atoms with E-state index in [4.69, 9.17) is 0 Å². The topological polar surface area (TPSA) is 61.4 Å². The van der Waals surface area contributed by atoms with Crippen LogP contribution in [0.25, 0.3) is 6.08 Å². The largest absolute Gasteiger partial charge is 0.356 e. The van der Waals surface area contributed by atoms with E-state index in [1.807, 2.05) is 59.5 Å². The van der Waals surface area contributed by atoms with Crippen LogP contribution in [-0.4, -0.2) is 42.9 Å². The van der Waals surface area contributed by atoms with Crippen molar-refractivity contribution in [2.24, 2.45) is 0 Å². The summed E-state index contributed by atoms with van der Waals surface area (Å²) >= 11 is 0. The molecule has 1 atom stereocenters. The lowest BCUT2D eigenvalue weighted by Gasteiger charge is -2.21. The van der Waals surface area contributed by atoms with Gasteiger partial charge < -0.3 is 15.5 Å². The van der Waals surface area contributed by atoms with Crippen LogP contribution in [0.2, 0.25) is 0 Å². The molecule has 0 saturated carbocycles. The molecule has 1 heterocycles. The predicted octanol–water partition coefficient (Wildman–Crippen LogP) is 3.55. The van der Waals surface area contributed by atoms with Crippen LogP contribution in [0.5, 0.6) is 0 Å². The first kappa shape index (κ1) is 21.8. The van der Waals surface area contributed by atoms with Crippen molar-refractivity contribution >= 4 is 17.9 Å². The third kappa shape index (κ3) is 7.16. The lowest BCUT2D eigenvalue weighted by Crippen LogP contribution is -2.34. The highest BCUT2D eigenvalue weighted by atomic mass is 16.2. The fourth-order valence-electron chi connectivity index (χ4n) is 3.62. The van der Waals surface area contributed by atoms with E-state index < -0.39 is 0 Å². The first-order valence-electron chi connectivity index (χ1n) is 10.8. The molecule has 5 heteroatoms. The molecule has 0 radical (unpaired) electrons. The maximum absolute atomic E-state index is 12.7. The number of carbonyl (C=O) groups is 2. The van der Waals surface area contributed by atoms with E-state index in [9.17, 15) is 9.59 Å². The zero-order valence-corrected chi connectivity index (χ0v) is 17.4. The number of hydrogen-bond acceptors (Lipinski definition) is 3. The maximum Gasteiger partial charge on any atom is 0.246 e. The number of nitrogens with zero attached hydrogens (tertiary/aromatic N) is 1. The minimum atomic E-state index is 0.0125. The summed E-state index contributed by atoms with van der Waals surface area (Å²) < 4.78 is 0. The molecule has 2 aromatic rings. The van der Waals surface area contributed by atoms with Gasteiger partial charge >= 0.3 is 0 Å². The molecule has 0 aromatic heterocycles. The molecular weight excluding hydrogens is 374 g/mol. The van der Waals surface area contributed by atoms with Gasteiger partial charge in [-0.2, -0.15) is 0 Å². The molecule has 1 aliphatic rings. The minimum absolute atomic E-state index is 0.0125. The highest BCUT2D eigenvalue weighted by Gasteiger charge is 2.17. The van der Waals surface area contributed by atoms with Crippen molar-refractivity contribution in [3.63, 3.8) is 0 Å². The molecular formula is C25H31N3O2. The lowest BCUT2D eigenvalue weighted by molar-refractivity contribution is -0.126. The average Bonchev–Trinajstić information content (AvgIpc) is 2.80. The van der Waals surface area contributed by atoms with Gasteiger partial charge in [-0.1, -0.05) is 60.7 Å². The van der Waals surface area contributed by atoms with Gasteiger partial charge in [0.1, 0.15) is 0 Å². The number of benzene rings is 2. The zero-order chi connectivity index (χ0) is 21.0. The van der Waals surface area contributed by atoms with Gasteiger partial charge in [-0.05, 0) is 43.0 Å². The van der Waals surface area contributed by atoms with Gasteiger partial charge in [0.2, 0.25) is 11.8 Å². The van der Waals surface area contributed by atoms with Gasteiger partial charge in [-0.15, -0.1) is 0 Å². The summed E-state index contributed by atoms with van der Waals surface area (Å²) in [4.78, 5) is 27.0. The molecule has 1 saturated heterocycles. The van der Waals surface area contributed by atoms with Crippen LogP contribution >= 0.6 is 0 Å². The van der Waals surface area contributed by atoms with E-state index >= 15 is 0 Å². The van der Waals surface area contributed by atoms with E-state index in [0.717, 1.165) is 43.5 Å². The van der Waals surface area contributed by atoms with Crippen molar-refractivity contribution in [3.8, 4) is 0 Å². The molecule has 2 amide bonds. The minimum Gasteiger partial charge on any atom is -0.356 e. The highest BCUT2D eigenvalue weighted by Crippen LogP contribution is 2.17. The van der Waals surface area contributed by atoms with Gasteiger partial charge in [0, 0.05) is 38.2 Å². The lowest BCUT2D eigenvalue weighted by atomic mass is 10.0. The Morgan fingerprint density at radius 1 is 0.900 bits per heavy atom. The van der Waals surface area contributed by atoms with E-state index in [2.05, 4.69) is 22.8 Å². The van der Waals surface area contributed by atoms with Crippen LogP contribution in [0, 0.1) is 0 Å². The summed E-state index contributed by atoms with van der Waals surface area (Å²) in [5.41, 5.74) is 2.14. The standard InChI is InChI=1S/C25H31N3O2/c29-24-20-23(22-12-5-2-6-13-22)26-16-7-8-18-28(19-9-17-27-24)25(30)15-14-21-10-3-1-4-11-21/h1-6,10-15,23,26H,7-9,16-20H2,(H,27,29)/b15-14+. The summed E-state index contributed by atoms with van der Waals surface area (Å²) in [6, 6.07) is 20.0. The number of hydrogen-bond donors (Lipinski definition) is 2. The SMILES string of the molecule is O=C1CC(c2ccccc2)NCCCCN(C(=O)/C=C/c2ccccc2)CCCN1. The Labute approximate surface area is 179 Å². The molecule has 5 nitrogen and oxygen atoms in total. The van der Waals surface area contributed by atoms with Crippen LogP contribution in [-0.2, 0) is 9.59 Å². The molecule has 30 heavy (non-hydrogen) atoms. The van der Waals surface area contributed by atoms with Crippen molar-refractivity contribution in [2.75, 3.05) is 26.2 Å². The average molecular weight is 406 g/mol. The first-order valence-corrected chi connectivity index (χ1v) is 10.8. The Balaban J connectivity index is 1.58. The molecule has 1 fully saturated rings. The Morgan fingerprint density at radius 3 is 2.37 bits per heavy atom. The molecule has 1 aliphatic heterocycles. The van der Waals surface area contributed by atoms with Crippen molar-refractivity contribution in [1.29, 1.82) is 0 Å². The van der Waals surface area contributed by atoms with Crippen molar-refractivity contribution in [1.82, 2.24) is 15.5 Å². The predicted molar refractivity (Wildman–Crippen MR) is 121 cm³/mol. The second-order valence-electron chi connectivity index (χ2n) is 7.60. The number of amides is 2. The number of rotatable bonds is 3. The number of nitrogens with one attached hydrogen (secondary N) is 2. The van der Waals surface area contributed by atoms with Crippen LogP contribution in [0.4, 0.5) is 0 Å². The second-order valence-corrected chi connectivity index (χ2v) is 7.60. The molecule has 0 bridgehead atoms. The third-order valence-electron chi connectivity index (χ3n) is 5.29. The molecule has 3 rings (SSSR count). The van der Waals surface area contributed by atoms with Gasteiger partial charge in [-0.3, -0.25) is 9.59 Å². The Hall–Kier alpha value is -2.92. The monoisotopic (exact) mass is 405 g/mol. The van der Waals surface area contributed by atoms with Gasteiger partial charge in [0.25, 0.3) is 0 Å². The maximum atomic E-state index is 12.7. The van der Waals surface area contributed by atoms with Crippen molar-refractivity contribution in [3.05, 3.63) is 77.9 Å². The van der Waals surface area contributed by atoms with Crippen LogP contribution < -0.4 is 10.6 Å². The molecule has 0 aliphatic carbocycles. The summed E-state index contributed by atoms with van der Waals surface area (Å²) in [6.45, 7) is 2.76. The smallest absolute Gasteiger partial charge is 0.246 e. The van der Waals surface area contributed by atoms with Crippen LogP contribution in [0.1, 0.15) is 42.9 Å². The summed E-state index contributed by atoms with van der Waals surface area (Å²) in [6.07, 6.45) is 6.57. The van der Waals surface area contributed by atoms with Gasteiger partial charge in [0.05, 0.1) is 0 Å². The van der Waals surface area contributed by atoms with E-state index in [0.29, 0.717) is 19.5 Å². The van der Waals surface area contributed by atoms with Gasteiger partial charge in [-0.25, -0.2) is 0 Å². The Morgan fingerprint density at radius 2 is 1.60 bits per heavy atom. The molecule has 158 valence electrons. The quantitative estimate of drug-likeness (QED) is 0.768. The van der Waals surface area contributed by atoms with Crippen molar-refractivity contribution in [2.45, 2.75) is 31.7 Å². The second kappa shape index (κ2) is 11.9. The van der Waals surface area contributed by atoms with E-state index in [1.54, 1.807) is 6.08 Å². The fraction of sp³-hybridized carbons (Fsp3) is 0.360. The highest BCUT2D eigenvalue weighted by molar-refractivity contribution is 5.91. The zero-order valence-electron chi connectivity index (χ0n) is 17.4. The fourth-order valence-corrected chi connectivity index (χ4v) is 3.62. The number of carbonyl (C=O) groups excluding carboxylic acids is 2. The van der Waals surface area contributed by atoms with E-state index in [1.165, 1.54) is 0 Å². The summed E-state index contributed by atoms with van der Waals surface area (Å²) in [5, 5.41) is 6.52. The Kier molecular flexibility index (Phi) is 8.66. The Bertz CT molecular complexity index is 821. The normalized spacial score (nSPS) is 19.4. The molecule has 2 N–H and O–H groups in total. The molecule has 1 unspecified atom stereocenters. The first-order chi connectivity index (χ1) is 14.7. The van der Waals surface area contributed by atoms with Crippen molar-refractivity contribution < 1.29 is 9.59 Å². The molecule has 2 aromatic carbocycles. The molecule has 0 spiro atoms. The third-order valence-corrected chi connectivity index (χ3v) is 5.29.